The molecule has 4 heteroatoms. The van der Waals surface area contributed by atoms with Gasteiger partial charge in [0, 0.05) is 6.42 Å². The van der Waals surface area contributed by atoms with Crippen LogP contribution < -0.4 is 0 Å². The molecule has 0 rings (SSSR count). The van der Waals surface area contributed by atoms with Gasteiger partial charge in [-0.25, -0.2) is 0 Å². The maximum absolute atomic E-state index is 11.3. The average molecular weight is 328 g/mol. The molecule has 0 aromatic rings. The van der Waals surface area contributed by atoms with Crippen LogP contribution in [0.25, 0.3) is 0 Å². The number of allylic oxidation sites excluding steroid dienone is 2. The highest BCUT2D eigenvalue weighted by atomic mass is 16.5. The summed E-state index contributed by atoms with van der Waals surface area (Å²) in [5.74, 6) is -0.295. The molecule has 23 heavy (non-hydrogen) atoms. The van der Waals surface area contributed by atoms with Crippen LogP contribution >= 0.6 is 0 Å². The molecule has 136 valence electrons. The third-order valence-corrected chi connectivity index (χ3v) is 3.79. The first-order valence-corrected chi connectivity index (χ1v) is 9.30. The lowest BCUT2D eigenvalue weighted by atomic mass is 10.1. The molecule has 0 spiro atoms. The van der Waals surface area contributed by atoms with Gasteiger partial charge in [-0.05, 0) is 32.1 Å². The van der Waals surface area contributed by atoms with Crippen molar-refractivity contribution in [2.45, 2.75) is 90.1 Å². The molecule has 2 N–H and O–H groups in total. The lowest BCUT2D eigenvalue weighted by molar-refractivity contribution is -0.147. The van der Waals surface area contributed by atoms with Crippen molar-refractivity contribution in [1.82, 2.24) is 0 Å². The van der Waals surface area contributed by atoms with Crippen LogP contribution in [0.15, 0.2) is 12.2 Å². The summed E-state index contributed by atoms with van der Waals surface area (Å²) >= 11 is 0. The van der Waals surface area contributed by atoms with Crippen molar-refractivity contribution in [1.29, 1.82) is 0 Å². The maximum atomic E-state index is 11.3. The molecule has 0 bridgehead atoms. The second-order valence-electron chi connectivity index (χ2n) is 6.15. The molecule has 0 aliphatic rings. The Balaban J connectivity index is 3.25. The highest BCUT2D eigenvalue weighted by Gasteiger charge is 2.07. The quantitative estimate of drug-likeness (QED) is 0.254. The van der Waals surface area contributed by atoms with Crippen molar-refractivity contribution in [2.75, 3.05) is 13.2 Å². The molecule has 0 aliphatic heterocycles. The molecule has 0 saturated heterocycles. The van der Waals surface area contributed by atoms with Crippen molar-refractivity contribution in [2.24, 2.45) is 0 Å². The van der Waals surface area contributed by atoms with Crippen molar-refractivity contribution < 1.29 is 19.7 Å². The minimum Gasteiger partial charge on any atom is -0.463 e. The summed E-state index contributed by atoms with van der Waals surface area (Å²) in [6.07, 6.45) is 17.2. The summed E-state index contributed by atoms with van der Waals surface area (Å²) in [6, 6.07) is 0. The molecule has 1 atom stereocenters. The zero-order chi connectivity index (χ0) is 17.2. The largest absolute Gasteiger partial charge is 0.463 e. The average Bonchev–Trinajstić information content (AvgIpc) is 2.56. The molecule has 0 unspecified atom stereocenters. The summed E-state index contributed by atoms with van der Waals surface area (Å²) in [5, 5.41) is 17.7. The Morgan fingerprint density at radius 3 is 2.13 bits per heavy atom. The summed E-state index contributed by atoms with van der Waals surface area (Å²) < 4.78 is 4.84. The van der Waals surface area contributed by atoms with E-state index in [0.29, 0.717) is 6.42 Å². The number of esters is 1. The van der Waals surface area contributed by atoms with Crippen molar-refractivity contribution in [3.63, 3.8) is 0 Å². The first-order chi connectivity index (χ1) is 11.2. The summed E-state index contributed by atoms with van der Waals surface area (Å²) in [5.41, 5.74) is 0. The van der Waals surface area contributed by atoms with Gasteiger partial charge < -0.3 is 14.9 Å². The van der Waals surface area contributed by atoms with E-state index in [2.05, 4.69) is 19.1 Å². The molecule has 0 aliphatic carbocycles. The molecular weight excluding hydrogens is 292 g/mol. The number of rotatable bonds is 16. The fourth-order valence-corrected chi connectivity index (χ4v) is 2.30. The highest BCUT2D eigenvalue weighted by molar-refractivity contribution is 5.69. The van der Waals surface area contributed by atoms with E-state index >= 15 is 0 Å². The van der Waals surface area contributed by atoms with Gasteiger partial charge in [-0.2, -0.15) is 0 Å². The van der Waals surface area contributed by atoms with Crippen LogP contribution in [0.4, 0.5) is 0 Å². The van der Waals surface area contributed by atoms with E-state index in [4.69, 9.17) is 14.9 Å². The monoisotopic (exact) mass is 328 g/mol. The smallest absolute Gasteiger partial charge is 0.305 e. The molecule has 0 radical (unpaired) electrons. The Morgan fingerprint density at radius 2 is 1.52 bits per heavy atom. The van der Waals surface area contributed by atoms with Crippen LogP contribution in [0.3, 0.4) is 0 Å². The number of unbranched alkanes of at least 4 members (excludes halogenated alkanes) is 9. The van der Waals surface area contributed by atoms with E-state index in [-0.39, 0.29) is 19.2 Å². The molecule has 0 aromatic heterocycles. The topological polar surface area (TPSA) is 66.8 Å². The maximum Gasteiger partial charge on any atom is 0.305 e. The van der Waals surface area contributed by atoms with Crippen LogP contribution in [-0.4, -0.2) is 35.5 Å². The van der Waals surface area contributed by atoms with Crippen molar-refractivity contribution >= 4 is 5.97 Å². The van der Waals surface area contributed by atoms with E-state index in [1.165, 1.54) is 44.9 Å². The number of hydrogen-bond donors (Lipinski definition) is 2. The van der Waals surface area contributed by atoms with E-state index in [1.807, 2.05) is 0 Å². The normalized spacial score (nSPS) is 12.7. The minimum atomic E-state index is -0.962. The highest BCUT2D eigenvalue weighted by Crippen LogP contribution is 2.09. The summed E-state index contributed by atoms with van der Waals surface area (Å²) in [4.78, 5) is 11.3. The predicted molar refractivity (Wildman–Crippen MR) is 94.3 cm³/mol. The first-order valence-electron chi connectivity index (χ1n) is 9.30. The van der Waals surface area contributed by atoms with Crippen LogP contribution in [-0.2, 0) is 9.53 Å². The molecule has 0 saturated carbocycles. The Hall–Kier alpha value is -0.870. The van der Waals surface area contributed by atoms with Crippen molar-refractivity contribution in [3.05, 3.63) is 12.2 Å². The van der Waals surface area contributed by atoms with Gasteiger partial charge in [-0.1, -0.05) is 57.6 Å². The predicted octanol–water partition coefficient (Wildman–Crippen LogP) is 4.14. The van der Waals surface area contributed by atoms with Crippen LogP contribution in [0.1, 0.15) is 84.0 Å². The number of carbonyl (C=O) groups is 1. The fraction of sp³-hybridized carbons (Fsp3) is 0.842. The molecule has 0 amide bonds. The van der Waals surface area contributed by atoms with Gasteiger partial charge >= 0.3 is 5.97 Å². The lowest BCUT2D eigenvalue weighted by Crippen LogP contribution is -2.21. The molecular formula is C19H36O4. The van der Waals surface area contributed by atoms with E-state index in [1.54, 1.807) is 0 Å². The SMILES string of the molecule is CCCCCCCC/C=C/CCCCCC(=O)OC[C@H](O)CO. The second-order valence-corrected chi connectivity index (χ2v) is 6.15. The Kier molecular flexibility index (Phi) is 16.8. The number of aliphatic hydroxyl groups excluding tert-OH is 2. The summed E-state index contributed by atoms with van der Waals surface area (Å²) in [6.45, 7) is 1.75. The van der Waals surface area contributed by atoms with Gasteiger partial charge in [0.15, 0.2) is 0 Å². The fourth-order valence-electron chi connectivity index (χ4n) is 2.30. The van der Waals surface area contributed by atoms with E-state index in [9.17, 15) is 4.79 Å². The van der Waals surface area contributed by atoms with Gasteiger partial charge in [0.25, 0.3) is 0 Å². The van der Waals surface area contributed by atoms with Gasteiger partial charge in [-0.3, -0.25) is 4.79 Å². The third-order valence-electron chi connectivity index (χ3n) is 3.79. The molecule has 0 fully saturated rings. The Morgan fingerprint density at radius 1 is 0.957 bits per heavy atom. The van der Waals surface area contributed by atoms with Gasteiger partial charge in [0.05, 0.1) is 6.61 Å². The molecule has 4 nitrogen and oxygen atoms in total. The van der Waals surface area contributed by atoms with Crippen LogP contribution in [0.2, 0.25) is 0 Å². The van der Waals surface area contributed by atoms with Crippen molar-refractivity contribution in [3.8, 4) is 0 Å². The number of aliphatic hydroxyl groups is 2. The number of ether oxygens (including phenoxy) is 1. The number of carbonyl (C=O) groups excluding carboxylic acids is 1. The third kappa shape index (κ3) is 17.3. The zero-order valence-corrected chi connectivity index (χ0v) is 14.8. The molecule has 0 aromatic carbocycles. The lowest BCUT2D eigenvalue weighted by Gasteiger charge is -2.08. The van der Waals surface area contributed by atoms with Gasteiger partial charge in [0.1, 0.15) is 12.7 Å². The number of hydrogen-bond acceptors (Lipinski definition) is 4. The second kappa shape index (κ2) is 17.5. The first kappa shape index (κ1) is 22.1. The molecule has 0 heterocycles. The van der Waals surface area contributed by atoms with Crippen LogP contribution in [0.5, 0.6) is 0 Å². The van der Waals surface area contributed by atoms with Crippen LogP contribution in [0, 0.1) is 0 Å². The van der Waals surface area contributed by atoms with Gasteiger partial charge in [-0.15, -0.1) is 0 Å². The van der Waals surface area contributed by atoms with E-state index < -0.39 is 6.10 Å². The Bertz CT molecular complexity index is 289. The zero-order valence-electron chi connectivity index (χ0n) is 14.8. The Labute approximate surface area is 141 Å². The standard InChI is InChI=1S/C19H36O4/c1-2-3-4-5-6-7-8-9-10-11-12-13-14-15-19(22)23-17-18(21)16-20/h9-10,18,20-21H,2-8,11-17H2,1H3/b10-9+/t18-/m1/s1. The van der Waals surface area contributed by atoms with Gasteiger partial charge in [0.2, 0.25) is 0 Å². The summed E-state index contributed by atoms with van der Waals surface area (Å²) in [7, 11) is 0. The minimum absolute atomic E-state index is 0.115. The van der Waals surface area contributed by atoms with E-state index in [0.717, 1.165) is 25.7 Å².